The number of ether oxygens (including phenoxy) is 4. The monoisotopic (exact) mass is 290 g/mol. The lowest BCUT2D eigenvalue weighted by molar-refractivity contribution is -0.150. The second-order valence-corrected chi connectivity index (χ2v) is 5.64. The highest BCUT2D eigenvalue weighted by Gasteiger charge is 2.11. The van der Waals surface area contributed by atoms with Gasteiger partial charge in [0.1, 0.15) is 6.10 Å². The van der Waals surface area contributed by atoms with Gasteiger partial charge in [0.2, 0.25) is 0 Å². The third kappa shape index (κ3) is 12.4. The SMILES string of the molecule is CC(=O)OC(C)COC(C)COC(C)COCC(C)C. The zero-order valence-corrected chi connectivity index (χ0v) is 13.7. The maximum Gasteiger partial charge on any atom is 0.302 e. The average Bonchev–Trinajstić information content (AvgIpc) is 2.32. The smallest absolute Gasteiger partial charge is 0.302 e. The summed E-state index contributed by atoms with van der Waals surface area (Å²) >= 11 is 0. The molecule has 0 saturated carbocycles. The molecule has 3 atom stereocenters. The summed E-state index contributed by atoms with van der Waals surface area (Å²) in [5.74, 6) is 0.244. The third-order valence-electron chi connectivity index (χ3n) is 2.40. The van der Waals surface area contributed by atoms with Gasteiger partial charge < -0.3 is 18.9 Å². The molecule has 0 aliphatic rings. The highest BCUT2D eigenvalue weighted by molar-refractivity contribution is 5.66. The van der Waals surface area contributed by atoms with Crippen molar-refractivity contribution >= 4 is 5.97 Å². The molecule has 20 heavy (non-hydrogen) atoms. The van der Waals surface area contributed by atoms with Gasteiger partial charge in [0.05, 0.1) is 32.0 Å². The molecule has 0 radical (unpaired) electrons. The summed E-state index contributed by atoms with van der Waals surface area (Å²) in [4.78, 5) is 10.7. The van der Waals surface area contributed by atoms with Crippen molar-refractivity contribution in [1.82, 2.24) is 0 Å². The summed E-state index contributed by atoms with van der Waals surface area (Å²) in [6.45, 7) is 13.6. The molecule has 0 saturated heterocycles. The van der Waals surface area contributed by atoms with Gasteiger partial charge in [0, 0.05) is 13.5 Å². The van der Waals surface area contributed by atoms with Gasteiger partial charge >= 0.3 is 5.97 Å². The van der Waals surface area contributed by atoms with E-state index in [1.807, 2.05) is 13.8 Å². The second kappa shape index (κ2) is 11.1. The normalized spacial score (nSPS) is 15.9. The van der Waals surface area contributed by atoms with Gasteiger partial charge in [-0.05, 0) is 26.7 Å². The maximum absolute atomic E-state index is 10.7. The summed E-state index contributed by atoms with van der Waals surface area (Å²) in [6, 6.07) is 0. The lowest BCUT2D eigenvalue weighted by atomic mass is 10.2. The third-order valence-corrected chi connectivity index (χ3v) is 2.40. The molecule has 0 spiro atoms. The molecule has 5 heteroatoms. The van der Waals surface area contributed by atoms with E-state index in [9.17, 15) is 4.79 Å². The van der Waals surface area contributed by atoms with Crippen LogP contribution in [0.3, 0.4) is 0 Å². The predicted molar refractivity (Wildman–Crippen MR) is 77.7 cm³/mol. The van der Waals surface area contributed by atoms with E-state index >= 15 is 0 Å². The number of hydrogen-bond donors (Lipinski definition) is 0. The fourth-order valence-corrected chi connectivity index (χ4v) is 1.48. The molecule has 0 N–H and O–H groups in total. The van der Waals surface area contributed by atoms with Crippen molar-refractivity contribution in [3.05, 3.63) is 0 Å². The predicted octanol–water partition coefficient (Wildman–Crippen LogP) is 2.42. The van der Waals surface area contributed by atoms with Crippen LogP contribution in [0.2, 0.25) is 0 Å². The molecule has 0 fully saturated rings. The first-order chi connectivity index (χ1) is 9.31. The van der Waals surface area contributed by atoms with E-state index in [0.717, 1.165) is 6.61 Å². The van der Waals surface area contributed by atoms with Gasteiger partial charge in [-0.1, -0.05) is 13.8 Å². The average molecular weight is 290 g/mol. The van der Waals surface area contributed by atoms with Crippen LogP contribution in [0.15, 0.2) is 0 Å². The molecule has 0 bridgehead atoms. The minimum absolute atomic E-state index is 0.0412. The van der Waals surface area contributed by atoms with Gasteiger partial charge in [-0.15, -0.1) is 0 Å². The Morgan fingerprint density at radius 3 is 1.80 bits per heavy atom. The lowest BCUT2D eigenvalue weighted by Crippen LogP contribution is -2.27. The minimum Gasteiger partial charge on any atom is -0.460 e. The van der Waals surface area contributed by atoms with Crippen LogP contribution in [0, 0.1) is 5.92 Å². The van der Waals surface area contributed by atoms with Crippen LogP contribution in [0.1, 0.15) is 41.5 Å². The van der Waals surface area contributed by atoms with Crippen molar-refractivity contribution in [3.8, 4) is 0 Å². The number of hydrogen-bond acceptors (Lipinski definition) is 5. The second-order valence-electron chi connectivity index (χ2n) is 5.64. The fraction of sp³-hybridized carbons (Fsp3) is 0.933. The van der Waals surface area contributed by atoms with Crippen molar-refractivity contribution in [2.75, 3.05) is 26.4 Å². The van der Waals surface area contributed by atoms with Gasteiger partial charge in [-0.2, -0.15) is 0 Å². The summed E-state index contributed by atoms with van der Waals surface area (Å²) in [5.41, 5.74) is 0. The van der Waals surface area contributed by atoms with Crippen LogP contribution in [0.4, 0.5) is 0 Å². The summed E-state index contributed by atoms with van der Waals surface area (Å²) in [6.07, 6.45) is -0.229. The van der Waals surface area contributed by atoms with Crippen molar-refractivity contribution < 1.29 is 23.7 Å². The van der Waals surface area contributed by atoms with Crippen molar-refractivity contribution in [1.29, 1.82) is 0 Å². The molecule has 0 aromatic heterocycles. The summed E-state index contributed by atoms with van der Waals surface area (Å²) in [5, 5.41) is 0. The lowest BCUT2D eigenvalue weighted by Gasteiger charge is -2.20. The molecule has 0 aliphatic heterocycles. The molecule has 0 amide bonds. The Labute approximate surface area is 122 Å². The van der Waals surface area contributed by atoms with E-state index in [4.69, 9.17) is 18.9 Å². The molecular formula is C15H30O5. The molecule has 0 rings (SSSR count). The van der Waals surface area contributed by atoms with E-state index in [0.29, 0.717) is 25.7 Å². The largest absolute Gasteiger partial charge is 0.460 e. The first-order valence-corrected chi connectivity index (χ1v) is 7.29. The molecule has 0 aromatic carbocycles. The Morgan fingerprint density at radius 1 is 0.800 bits per heavy atom. The number of esters is 1. The zero-order valence-electron chi connectivity index (χ0n) is 13.7. The molecular weight excluding hydrogens is 260 g/mol. The van der Waals surface area contributed by atoms with E-state index in [2.05, 4.69) is 13.8 Å². The molecule has 0 heterocycles. The summed E-state index contributed by atoms with van der Waals surface area (Å²) in [7, 11) is 0. The van der Waals surface area contributed by atoms with Gasteiger partial charge in [-0.25, -0.2) is 0 Å². The van der Waals surface area contributed by atoms with Crippen molar-refractivity contribution in [3.63, 3.8) is 0 Å². The van der Waals surface area contributed by atoms with Crippen LogP contribution in [0.25, 0.3) is 0 Å². The highest BCUT2D eigenvalue weighted by atomic mass is 16.6. The van der Waals surface area contributed by atoms with E-state index < -0.39 is 0 Å². The highest BCUT2D eigenvalue weighted by Crippen LogP contribution is 2.01. The minimum atomic E-state index is -0.291. The van der Waals surface area contributed by atoms with Crippen LogP contribution >= 0.6 is 0 Å². The standard InChI is InChI=1S/C15H30O5/c1-11(2)7-17-8-12(3)18-9-13(4)19-10-14(5)20-15(6)16/h11-14H,7-10H2,1-6H3. The Hall–Kier alpha value is -0.650. The first kappa shape index (κ1) is 19.4. The number of carbonyl (C=O) groups is 1. The Bertz CT molecular complexity index is 255. The van der Waals surface area contributed by atoms with E-state index in [1.165, 1.54) is 6.92 Å². The molecule has 0 aromatic rings. The fourth-order valence-electron chi connectivity index (χ4n) is 1.48. The van der Waals surface area contributed by atoms with E-state index in [-0.39, 0.29) is 24.3 Å². The van der Waals surface area contributed by atoms with Crippen molar-refractivity contribution in [2.45, 2.75) is 59.9 Å². The summed E-state index contributed by atoms with van der Waals surface area (Å²) < 4.78 is 21.7. The molecule has 120 valence electrons. The van der Waals surface area contributed by atoms with Crippen LogP contribution in [-0.2, 0) is 23.7 Å². The van der Waals surface area contributed by atoms with Gasteiger partial charge in [-0.3, -0.25) is 4.79 Å². The Kier molecular flexibility index (Phi) is 10.7. The van der Waals surface area contributed by atoms with Gasteiger partial charge in [0.25, 0.3) is 0 Å². The number of carbonyl (C=O) groups excluding carboxylic acids is 1. The topological polar surface area (TPSA) is 54.0 Å². The quantitative estimate of drug-likeness (QED) is 0.547. The molecule has 5 nitrogen and oxygen atoms in total. The van der Waals surface area contributed by atoms with Crippen LogP contribution < -0.4 is 0 Å². The van der Waals surface area contributed by atoms with Crippen molar-refractivity contribution in [2.24, 2.45) is 5.92 Å². The number of rotatable bonds is 11. The Morgan fingerprint density at radius 2 is 1.30 bits per heavy atom. The first-order valence-electron chi connectivity index (χ1n) is 7.29. The van der Waals surface area contributed by atoms with Gasteiger partial charge in [0.15, 0.2) is 0 Å². The van der Waals surface area contributed by atoms with Crippen LogP contribution in [0.5, 0.6) is 0 Å². The maximum atomic E-state index is 10.7. The Balaban J connectivity index is 3.61. The molecule has 3 unspecified atom stereocenters. The van der Waals surface area contributed by atoms with E-state index in [1.54, 1.807) is 6.92 Å². The van der Waals surface area contributed by atoms with Crippen LogP contribution in [-0.4, -0.2) is 50.7 Å². The molecule has 0 aliphatic carbocycles. The zero-order chi connectivity index (χ0) is 15.5.